The number of imide groups is 1. The van der Waals surface area contributed by atoms with Crippen molar-refractivity contribution in [1.29, 1.82) is 0 Å². The van der Waals surface area contributed by atoms with Crippen molar-refractivity contribution in [3.63, 3.8) is 0 Å². The summed E-state index contributed by atoms with van der Waals surface area (Å²) in [7, 11) is 0. The van der Waals surface area contributed by atoms with E-state index in [-0.39, 0.29) is 24.1 Å². The van der Waals surface area contributed by atoms with Crippen molar-refractivity contribution in [3.05, 3.63) is 29.8 Å². The minimum absolute atomic E-state index is 0.104. The molecule has 0 saturated carbocycles. The minimum Gasteiger partial charge on any atom is -0.288 e. The summed E-state index contributed by atoms with van der Waals surface area (Å²) in [5.74, 6) is -0.620. The van der Waals surface area contributed by atoms with Crippen LogP contribution in [0.3, 0.4) is 0 Å². The van der Waals surface area contributed by atoms with Gasteiger partial charge in [-0.3, -0.25) is 19.8 Å². The van der Waals surface area contributed by atoms with Crippen molar-refractivity contribution in [2.45, 2.75) is 25.8 Å². The number of carbonyl (C=O) groups excluding carboxylic acids is 3. The SMILES string of the molecule is Cc1ccc(N2C(=O)CC(N3CCC(=O)N3)C2=O)cc1. The molecule has 20 heavy (non-hydrogen) atoms. The number of amides is 3. The van der Waals surface area contributed by atoms with Crippen LogP contribution in [0.1, 0.15) is 18.4 Å². The van der Waals surface area contributed by atoms with Crippen molar-refractivity contribution in [2.75, 3.05) is 11.4 Å². The third kappa shape index (κ3) is 2.08. The second kappa shape index (κ2) is 4.72. The number of rotatable bonds is 2. The van der Waals surface area contributed by atoms with E-state index >= 15 is 0 Å². The highest BCUT2D eigenvalue weighted by atomic mass is 16.2. The number of carbonyl (C=O) groups is 3. The summed E-state index contributed by atoms with van der Waals surface area (Å²) in [6.07, 6.45) is 0.468. The zero-order chi connectivity index (χ0) is 14.3. The van der Waals surface area contributed by atoms with Gasteiger partial charge in [0.15, 0.2) is 0 Å². The zero-order valence-corrected chi connectivity index (χ0v) is 11.1. The van der Waals surface area contributed by atoms with E-state index in [1.165, 1.54) is 4.90 Å². The molecule has 1 aromatic rings. The third-order valence-electron chi connectivity index (χ3n) is 3.64. The maximum Gasteiger partial charge on any atom is 0.253 e. The van der Waals surface area contributed by atoms with Gasteiger partial charge in [0, 0.05) is 13.0 Å². The van der Waals surface area contributed by atoms with E-state index in [1.807, 2.05) is 19.1 Å². The summed E-state index contributed by atoms with van der Waals surface area (Å²) < 4.78 is 0. The molecule has 2 heterocycles. The predicted molar refractivity (Wildman–Crippen MR) is 71.5 cm³/mol. The lowest BCUT2D eigenvalue weighted by Gasteiger charge is -2.21. The first kappa shape index (κ1) is 12.8. The molecule has 2 saturated heterocycles. The van der Waals surface area contributed by atoms with E-state index in [0.717, 1.165) is 5.56 Å². The fraction of sp³-hybridized carbons (Fsp3) is 0.357. The van der Waals surface area contributed by atoms with Crippen LogP contribution in [-0.4, -0.2) is 35.3 Å². The molecule has 0 aromatic heterocycles. The normalized spacial score (nSPS) is 23.6. The van der Waals surface area contributed by atoms with Gasteiger partial charge >= 0.3 is 0 Å². The average Bonchev–Trinajstić information content (AvgIpc) is 2.95. The van der Waals surface area contributed by atoms with Crippen LogP contribution in [0.25, 0.3) is 0 Å². The van der Waals surface area contributed by atoms with Gasteiger partial charge < -0.3 is 0 Å². The van der Waals surface area contributed by atoms with Crippen molar-refractivity contribution < 1.29 is 14.4 Å². The number of nitrogens with one attached hydrogen (secondary N) is 1. The summed E-state index contributed by atoms with van der Waals surface area (Å²) in [5, 5.41) is 1.57. The van der Waals surface area contributed by atoms with Crippen molar-refractivity contribution in [3.8, 4) is 0 Å². The molecule has 2 fully saturated rings. The molecule has 2 aliphatic rings. The van der Waals surface area contributed by atoms with E-state index in [9.17, 15) is 14.4 Å². The van der Waals surface area contributed by atoms with Crippen molar-refractivity contribution in [2.24, 2.45) is 0 Å². The van der Waals surface area contributed by atoms with Gasteiger partial charge in [0.2, 0.25) is 11.8 Å². The van der Waals surface area contributed by atoms with E-state index in [2.05, 4.69) is 5.43 Å². The first-order valence-electron chi connectivity index (χ1n) is 6.56. The van der Waals surface area contributed by atoms with Gasteiger partial charge in [-0.2, -0.15) is 0 Å². The molecule has 2 aliphatic heterocycles. The number of nitrogens with zero attached hydrogens (tertiary/aromatic N) is 2. The molecule has 3 rings (SSSR count). The molecule has 0 spiro atoms. The molecule has 1 aromatic carbocycles. The summed E-state index contributed by atoms with van der Waals surface area (Å²) in [6.45, 7) is 2.41. The quantitative estimate of drug-likeness (QED) is 0.790. The maximum atomic E-state index is 12.4. The largest absolute Gasteiger partial charge is 0.288 e. The van der Waals surface area contributed by atoms with E-state index in [0.29, 0.717) is 18.7 Å². The molecule has 1 unspecified atom stereocenters. The first-order valence-corrected chi connectivity index (χ1v) is 6.56. The predicted octanol–water partition coefficient (Wildman–Crippen LogP) is 0.364. The topological polar surface area (TPSA) is 69.7 Å². The summed E-state index contributed by atoms with van der Waals surface area (Å²) in [4.78, 5) is 36.9. The smallest absolute Gasteiger partial charge is 0.253 e. The third-order valence-corrected chi connectivity index (χ3v) is 3.64. The lowest BCUT2D eigenvalue weighted by atomic mass is 10.2. The van der Waals surface area contributed by atoms with Gasteiger partial charge in [0.25, 0.3) is 5.91 Å². The standard InChI is InChI=1S/C14H15N3O3/c1-9-2-4-10(5-3-9)17-13(19)8-11(14(17)20)16-7-6-12(18)15-16/h2-5,11H,6-8H2,1H3,(H,15,18). The van der Waals surface area contributed by atoms with Crippen LogP contribution in [0, 0.1) is 6.92 Å². The lowest BCUT2D eigenvalue weighted by molar-refractivity contribution is -0.125. The molecular formula is C14H15N3O3. The molecule has 3 amide bonds. The second-order valence-electron chi connectivity index (χ2n) is 5.10. The summed E-state index contributed by atoms with van der Waals surface area (Å²) >= 11 is 0. The number of aryl methyl sites for hydroxylation is 1. The maximum absolute atomic E-state index is 12.4. The Morgan fingerprint density at radius 3 is 2.45 bits per heavy atom. The second-order valence-corrected chi connectivity index (χ2v) is 5.10. The number of hydrazine groups is 1. The lowest BCUT2D eigenvalue weighted by Crippen LogP contribution is -2.46. The van der Waals surface area contributed by atoms with E-state index in [4.69, 9.17) is 0 Å². The molecule has 1 atom stereocenters. The summed E-state index contributed by atoms with van der Waals surface area (Å²) in [5.41, 5.74) is 4.27. The van der Waals surface area contributed by atoms with Crippen molar-refractivity contribution >= 4 is 23.4 Å². The average molecular weight is 273 g/mol. The molecular weight excluding hydrogens is 258 g/mol. The van der Waals surface area contributed by atoms with Crippen LogP contribution in [0.2, 0.25) is 0 Å². The zero-order valence-electron chi connectivity index (χ0n) is 11.1. The molecule has 104 valence electrons. The highest BCUT2D eigenvalue weighted by molar-refractivity contribution is 6.22. The number of benzene rings is 1. The van der Waals surface area contributed by atoms with Crippen LogP contribution in [0.5, 0.6) is 0 Å². The van der Waals surface area contributed by atoms with Crippen LogP contribution in [0.4, 0.5) is 5.69 Å². The van der Waals surface area contributed by atoms with E-state index in [1.54, 1.807) is 17.1 Å². The highest BCUT2D eigenvalue weighted by Gasteiger charge is 2.44. The van der Waals surface area contributed by atoms with Gasteiger partial charge in [-0.1, -0.05) is 17.7 Å². The molecule has 1 N–H and O–H groups in total. The monoisotopic (exact) mass is 273 g/mol. The van der Waals surface area contributed by atoms with Crippen LogP contribution < -0.4 is 10.3 Å². The first-order chi connectivity index (χ1) is 9.56. The Hall–Kier alpha value is -2.21. The Morgan fingerprint density at radius 2 is 1.85 bits per heavy atom. The van der Waals surface area contributed by atoms with Crippen molar-refractivity contribution in [1.82, 2.24) is 10.4 Å². The number of hydrogen-bond donors (Lipinski definition) is 1. The Kier molecular flexibility index (Phi) is 3.02. The fourth-order valence-electron chi connectivity index (χ4n) is 2.55. The fourth-order valence-corrected chi connectivity index (χ4v) is 2.55. The number of anilines is 1. The molecule has 6 nitrogen and oxygen atoms in total. The van der Waals surface area contributed by atoms with Gasteiger partial charge in [0.1, 0.15) is 6.04 Å². The Labute approximate surface area is 116 Å². The van der Waals surface area contributed by atoms with Gasteiger partial charge in [-0.05, 0) is 19.1 Å². The van der Waals surface area contributed by atoms with Crippen LogP contribution in [0.15, 0.2) is 24.3 Å². The Balaban J connectivity index is 1.83. The van der Waals surface area contributed by atoms with E-state index < -0.39 is 6.04 Å². The van der Waals surface area contributed by atoms with Gasteiger partial charge in [-0.25, -0.2) is 9.91 Å². The minimum atomic E-state index is -0.588. The molecule has 6 heteroatoms. The molecule has 0 bridgehead atoms. The number of hydrogen-bond acceptors (Lipinski definition) is 4. The molecule has 0 aliphatic carbocycles. The van der Waals surface area contributed by atoms with Gasteiger partial charge in [-0.15, -0.1) is 0 Å². The van der Waals surface area contributed by atoms with Crippen LogP contribution >= 0.6 is 0 Å². The Bertz CT molecular complexity index is 582. The Morgan fingerprint density at radius 1 is 1.15 bits per heavy atom. The highest BCUT2D eigenvalue weighted by Crippen LogP contribution is 2.26. The molecule has 0 radical (unpaired) electrons. The van der Waals surface area contributed by atoms with Gasteiger partial charge in [0.05, 0.1) is 12.1 Å². The summed E-state index contributed by atoms with van der Waals surface area (Å²) in [6, 6.07) is 6.66. The van der Waals surface area contributed by atoms with Crippen LogP contribution in [-0.2, 0) is 14.4 Å².